The molecule has 1 rings (SSSR count). The van der Waals surface area contributed by atoms with E-state index in [2.05, 4.69) is 10.2 Å². The van der Waals surface area contributed by atoms with E-state index in [0.29, 0.717) is 12.6 Å². The van der Waals surface area contributed by atoms with Gasteiger partial charge in [0.15, 0.2) is 0 Å². The molecule has 0 bridgehead atoms. The van der Waals surface area contributed by atoms with Crippen LogP contribution >= 0.6 is 0 Å². The fourth-order valence-electron chi connectivity index (χ4n) is 1.58. The van der Waals surface area contributed by atoms with Crippen LogP contribution in [0.5, 0.6) is 0 Å². The Morgan fingerprint density at radius 3 is 3.00 bits per heavy atom. The van der Waals surface area contributed by atoms with Crippen LogP contribution in [0.3, 0.4) is 0 Å². The predicted molar refractivity (Wildman–Crippen MR) is 45.9 cm³/mol. The summed E-state index contributed by atoms with van der Waals surface area (Å²) in [6.07, 6.45) is 0.288. The van der Waals surface area contributed by atoms with Gasteiger partial charge < -0.3 is 10.4 Å². The Morgan fingerprint density at radius 2 is 2.50 bits per heavy atom. The van der Waals surface area contributed by atoms with Gasteiger partial charge in [-0.05, 0) is 20.0 Å². The summed E-state index contributed by atoms with van der Waals surface area (Å²) < 4.78 is 11.9. The number of nitrogens with zero attached hydrogens (tertiary/aromatic N) is 1. The van der Waals surface area contributed by atoms with E-state index in [4.69, 9.17) is 5.11 Å². The Morgan fingerprint density at radius 1 is 1.75 bits per heavy atom. The van der Waals surface area contributed by atoms with Crippen LogP contribution in [0.2, 0.25) is 0 Å². The molecule has 0 aromatic heterocycles. The van der Waals surface area contributed by atoms with Crippen molar-refractivity contribution in [1.29, 1.82) is 0 Å². The summed E-state index contributed by atoms with van der Waals surface area (Å²) >= 11 is 0. The highest BCUT2D eigenvalue weighted by atomic mass is 19.1. The van der Waals surface area contributed by atoms with Crippen molar-refractivity contribution in [3.8, 4) is 0 Å². The van der Waals surface area contributed by atoms with Crippen molar-refractivity contribution >= 4 is 0 Å². The van der Waals surface area contributed by atoms with E-state index in [1.807, 2.05) is 7.05 Å². The van der Waals surface area contributed by atoms with E-state index >= 15 is 0 Å². The standard InChI is InChI=1S/C8H17FN2O/c1-10-7-2-3-11(5-7)6-8(12)4-9/h7-8,10,12H,2-6H2,1H3. The minimum Gasteiger partial charge on any atom is -0.389 e. The summed E-state index contributed by atoms with van der Waals surface area (Å²) in [5.41, 5.74) is 0. The zero-order chi connectivity index (χ0) is 8.97. The quantitative estimate of drug-likeness (QED) is 0.612. The molecule has 12 heavy (non-hydrogen) atoms. The lowest BCUT2D eigenvalue weighted by Crippen LogP contribution is -2.34. The second-order valence-electron chi connectivity index (χ2n) is 3.34. The number of nitrogens with one attached hydrogen (secondary N) is 1. The zero-order valence-corrected chi connectivity index (χ0v) is 7.46. The molecule has 0 aromatic rings. The molecular formula is C8H17FN2O. The van der Waals surface area contributed by atoms with Gasteiger partial charge in [0.25, 0.3) is 0 Å². The number of alkyl halides is 1. The number of hydrogen-bond acceptors (Lipinski definition) is 3. The van der Waals surface area contributed by atoms with Crippen LogP contribution in [0.1, 0.15) is 6.42 Å². The first kappa shape index (κ1) is 9.89. The number of hydrogen-bond donors (Lipinski definition) is 2. The average Bonchev–Trinajstić information content (AvgIpc) is 2.52. The molecule has 1 fully saturated rings. The fraction of sp³-hybridized carbons (Fsp3) is 1.00. The summed E-state index contributed by atoms with van der Waals surface area (Å²) in [5.74, 6) is 0. The van der Waals surface area contributed by atoms with Crippen LogP contribution in [0, 0.1) is 0 Å². The van der Waals surface area contributed by atoms with Gasteiger partial charge in [-0.15, -0.1) is 0 Å². The van der Waals surface area contributed by atoms with Crippen LogP contribution in [0.25, 0.3) is 0 Å². The molecule has 0 aliphatic carbocycles. The maximum Gasteiger partial charge on any atom is 0.117 e. The van der Waals surface area contributed by atoms with E-state index < -0.39 is 12.8 Å². The van der Waals surface area contributed by atoms with Gasteiger partial charge in [0, 0.05) is 19.1 Å². The molecule has 1 aliphatic heterocycles. The van der Waals surface area contributed by atoms with Crippen molar-refractivity contribution in [3.63, 3.8) is 0 Å². The van der Waals surface area contributed by atoms with Gasteiger partial charge in [-0.2, -0.15) is 0 Å². The Labute approximate surface area is 72.6 Å². The second kappa shape index (κ2) is 4.74. The topological polar surface area (TPSA) is 35.5 Å². The molecule has 0 amide bonds. The molecule has 72 valence electrons. The molecule has 3 nitrogen and oxygen atoms in total. The van der Waals surface area contributed by atoms with Gasteiger partial charge in [-0.3, -0.25) is 4.90 Å². The molecule has 0 radical (unpaired) electrons. The molecule has 4 heteroatoms. The Bertz CT molecular complexity index is 134. The maximum absolute atomic E-state index is 11.9. The van der Waals surface area contributed by atoms with E-state index in [9.17, 15) is 4.39 Å². The second-order valence-corrected chi connectivity index (χ2v) is 3.34. The predicted octanol–water partition coefficient (Wildman–Crippen LogP) is -0.389. The zero-order valence-electron chi connectivity index (χ0n) is 7.46. The normalized spacial score (nSPS) is 27.8. The van der Waals surface area contributed by atoms with Gasteiger partial charge in [-0.1, -0.05) is 0 Å². The largest absolute Gasteiger partial charge is 0.389 e. The van der Waals surface area contributed by atoms with Crippen LogP contribution < -0.4 is 5.32 Å². The molecule has 0 aromatic carbocycles. The number of halogens is 1. The molecule has 2 atom stereocenters. The molecule has 1 saturated heterocycles. The number of likely N-dealkylation sites (N-methyl/N-ethyl adjacent to an activating group) is 1. The summed E-state index contributed by atoms with van der Waals surface area (Å²) in [7, 11) is 1.93. The minimum absolute atomic E-state index is 0.467. The van der Waals surface area contributed by atoms with Gasteiger partial charge in [0.1, 0.15) is 6.67 Å². The average molecular weight is 176 g/mol. The molecule has 2 N–H and O–H groups in total. The molecule has 1 heterocycles. The van der Waals surface area contributed by atoms with Crippen LogP contribution in [0.15, 0.2) is 0 Å². The number of rotatable bonds is 4. The Hall–Kier alpha value is -0.190. The van der Waals surface area contributed by atoms with Crippen molar-refractivity contribution in [2.75, 3.05) is 33.4 Å². The highest BCUT2D eigenvalue weighted by Crippen LogP contribution is 2.08. The van der Waals surface area contributed by atoms with E-state index in [0.717, 1.165) is 19.5 Å². The molecule has 2 unspecified atom stereocenters. The van der Waals surface area contributed by atoms with Crippen molar-refractivity contribution < 1.29 is 9.50 Å². The molecular weight excluding hydrogens is 159 g/mol. The number of aliphatic hydroxyl groups excluding tert-OH is 1. The minimum atomic E-state index is -0.805. The van der Waals surface area contributed by atoms with E-state index in [1.165, 1.54) is 0 Å². The van der Waals surface area contributed by atoms with E-state index in [-0.39, 0.29) is 0 Å². The van der Waals surface area contributed by atoms with Gasteiger partial charge in [0.05, 0.1) is 6.10 Å². The summed E-state index contributed by atoms with van der Waals surface area (Å²) in [4.78, 5) is 2.09. The third-order valence-corrected chi connectivity index (χ3v) is 2.33. The Kier molecular flexibility index (Phi) is 3.91. The van der Waals surface area contributed by atoms with Crippen molar-refractivity contribution in [2.24, 2.45) is 0 Å². The SMILES string of the molecule is CNC1CCN(CC(O)CF)C1. The van der Waals surface area contributed by atoms with Crippen LogP contribution in [-0.4, -0.2) is 55.5 Å². The third kappa shape index (κ3) is 2.69. The first-order valence-corrected chi connectivity index (χ1v) is 4.40. The maximum atomic E-state index is 11.9. The van der Waals surface area contributed by atoms with Gasteiger partial charge in [0.2, 0.25) is 0 Å². The van der Waals surface area contributed by atoms with Crippen molar-refractivity contribution in [2.45, 2.75) is 18.6 Å². The van der Waals surface area contributed by atoms with Gasteiger partial charge >= 0.3 is 0 Å². The molecule has 0 spiro atoms. The molecule has 0 saturated carbocycles. The summed E-state index contributed by atoms with van der Waals surface area (Å²) in [6, 6.07) is 0.511. The lowest BCUT2D eigenvalue weighted by molar-refractivity contribution is 0.0987. The first-order chi connectivity index (χ1) is 5.76. The van der Waals surface area contributed by atoms with Gasteiger partial charge in [-0.25, -0.2) is 4.39 Å². The number of aliphatic hydroxyl groups is 1. The fourth-order valence-corrected chi connectivity index (χ4v) is 1.58. The highest BCUT2D eigenvalue weighted by molar-refractivity contribution is 4.80. The number of likely N-dealkylation sites (tertiary alicyclic amines) is 1. The monoisotopic (exact) mass is 176 g/mol. The summed E-state index contributed by atoms with van der Waals surface area (Å²) in [6.45, 7) is 1.71. The third-order valence-electron chi connectivity index (χ3n) is 2.33. The highest BCUT2D eigenvalue weighted by Gasteiger charge is 2.22. The van der Waals surface area contributed by atoms with Crippen LogP contribution in [-0.2, 0) is 0 Å². The number of β-amino-alcohol motifs (C(OH)–C–C–N with tert-alkyl or cyclic N) is 1. The first-order valence-electron chi connectivity index (χ1n) is 4.40. The van der Waals surface area contributed by atoms with E-state index in [1.54, 1.807) is 0 Å². The Balaban J connectivity index is 2.18. The lowest BCUT2D eigenvalue weighted by Gasteiger charge is -2.17. The smallest absolute Gasteiger partial charge is 0.117 e. The summed E-state index contributed by atoms with van der Waals surface area (Å²) in [5, 5.41) is 12.2. The lowest BCUT2D eigenvalue weighted by atomic mass is 10.3. The van der Waals surface area contributed by atoms with Crippen LogP contribution in [0.4, 0.5) is 4.39 Å². The molecule has 1 aliphatic rings. The van der Waals surface area contributed by atoms with Crippen molar-refractivity contribution in [1.82, 2.24) is 10.2 Å². The van der Waals surface area contributed by atoms with Crippen molar-refractivity contribution in [3.05, 3.63) is 0 Å².